The first kappa shape index (κ1) is 18.4. The molecule has 5 nitrogen and oxygen atoms in total. The minimum Gasteiger partial charge on any atom is -0.468 e. The molecule has 0 saturated heterocycles. The molecule has 0 unspecified atom stereocenters. The van der Waals surface area contributed by atoms with Crippen LogP contribution in [0.2, 0.25) is 5.02 Å². The van der Waals surface area contributed by atoms with Gasteiger partial charge in [-0.15, -0.1) is 0 Å². The highest BCUT2D eigenvalue weighted by molar-refractivity contribution is 6.31. The summed E-state index contributed by atoms with van der Waals surface area (Å²) in [4.78, 5) is 28.2. The second-order valence-electron chi connectivity index (χ2n) is 6.24. The van der Waals surface area contributed by atoms with Crippen molar-refractivity contribution in [2.45, 2.75) is 13.0 Å². The maximum absolute atomic E-state index is 12.9. The zero-order valence-corrected chi connectivity index (χ0v) is 15.4. The molecule has 0 aromatic heterocycles. The molecule has 1 heterocycles. The van der Waals surface area contributed by atoms with Crippen LogP contribution >= 0.6 is 11.6 Å². The highest BCUT2D eigenvalue weighted by Gasteiger charge is 2.26. The minimum atomic E-state index is -0.383. The lowest BCUT2D eigenvalue weighted by Gasteiger charge is -2.25. The Morgan fingerprint density at radius 1 is 1.12 bits per heavy atom. The van der Waals surface area contributed by atoms with Gasteiger partial charge in [-0.25, -0.2) is 0 Å². The van der Waals surface area contributed by atoms with Gasteiger partial charge in [0.15, 0.2) is 0 Å². The van der Waals surface area contributed by atoms with E-state index in [0.29, 0.717) is 18.1 Å². The third-order valence-corrected chi connectivity index (χ3v) is 4.85. The number of rotatable bonds is 6. The summed E-state index contributed by atoms with van der Waals surface area (Å²) in [6.07, 6.45) is 0.851. The van der Waals surface area contributed by atoms with E-state index in [1.54, 1.807) is 15.9 Å². The molecule has 26 heavy (non-hydrogen) atoms. The van der Waals surface area contributed by atoms with Gasteiger partial charge in [-0.2, -0.15) is 0 Å². The third-order valence-electron chi connectivity index (χ3n) is 4.48. The number of halogens is 1. The number of benzene rings is 2. The Morgan fingerprint density at radius 3 is 2.62 bits per heavy atom. The number of esters is 1. The van der Waals surface area contributed by atoms with Crippen LogP contribution in [0.1, 0.15) is 11.1 Å². The Hall–Kier alpha value is -2.37. The number of ether oxygens (including phenoxy) is 1. The predicted octanol–water partition coefficient (Wildman–Crippen LogP) is 2.90. The van der Waals surface area contributed by atoms with Gasteiger partial charge in [-0.05, 0) is 29.7 Å². The minimum absolute atomic E-state index is 0.0307. The Balaban J connectivity index is 1.74. The molecule has 0 saturated carbocycles. The molecular formula is C20H21ClN2O3. The number of hydrogen-bond donors (Lipinski definition) is 0. The number of anilines is 1. The van der Waals surface area contributed by atoms with Crippen molar-refractivity contribution in [2.75, 3.05) is 31.6 Å². The van der Waals surface area contributed by atoms with Crippen LogP contribution in [0.25, 0.3) is 0 Å². The van der Waals surface area contributed by atoms with Crippen LogP contribution in [-0.4, -0.2) is 43.5 Å². The highest BCUT2D eigenvalue weighted by atomic mass is 35.5. The van der Waals surface area contributed by atoms with Crippen LogP contribution in [0.15, 0.2) is 48.5 Å². The van der Waals surface area contributed by atoms with E-state index in [9.17, 15) is 9.59 Å². The molecule has 0 aliphatic carbocycles. The molecule has 0 bridgehead atoms. The van der Waals surface area contributed by atoms with Crippen molar-refractivity contribution in [2.24, 2.45) is 0 Å². The predicted molar refractivity (Wildman–Crippen MR) is 101 cm³/mol. The van der Waals surface area contributed by atoms with E-state index in [-0.39, 0.29) is 25.0 Å². The molecule has 1 aliphatic rings. The molecule has 3 rings (SSSR count). The van der Waals surface area contributed by atoms with Gasteiger partial charge in [-0.1, -0.05) is 48.0 Å². The van der Waals surface area contributed by atoms with Gasteiger partial charge in [0.1, 0.15) is 0 Å². The van der Waals surface area contributed by atoms with E-state index >= 15 is 0 Å². The van der Waals surface area contributed by atoms with E-state index in [4.69, 9.17) is 16.3 Å². The van der Waals surface area contributed by atoms with Gasteiger partial charge in [-0.3, -0.25) is 14.5 Å². The average Bonchev–Trinajstić information content (AvgIpc) is 3.07. The molecule has 0 atom stereocenters. The molecule has 2 aromatic rings. The summed E-state index contributed by atoms with van der Waals surface area (Å²) in [5.41, 5.74) is 2.99. The van der Waals surface area contributed by atoms with E-state index in [1.165, 1.54) is 12.7 Å². The molecule has 2 aromatic carbocycles. The molecule has 1 aliphatic heterocycles. The van der Waals surface area contributed by atoms with Gasteiger partial charge < -0.3 is 9.64 Å². The maximum atomic E-state index is 12.9. The molecule has 1 amide bonds. The molecular weight excluding hydrogens is 352 g/mol. The van der Waals surface area contributed by atoms with Gasteiger partial charge in [0.2, 0.25) is 5.91 Å². The first-order valence-corrected chi connectivity index (χ1v) is 8.87. The van der Waals surface area contributed by atoms with Crippen molar-refractivity contribution in [3.63, 3.8) is 0 Å². The van der Waals surface area contributed by atoms with Crippen LogP contribution in [0, 0.1) is 0 Å². The fraction of sp³-hybridized carbons (Fsp3) is 0.300. The fourth-order valence-corrected chi connectivity index (χ4v) is 3.35. The number of hydrogen-bond acceptors (Lipinski definition) is 4. The Labute approximate surface area is 158 Å². The topological polar surface area (TPSA) is 49.9 Å². The lowest BCUT2D eigenvalue weighted by Crippen LogP contribution is -2.41. The van der Waals surface area contributed by atoms with Crippen LogP contribution in [0.3, 0.4) is 0 Å². The SMILES string of the molecule is COC(=O)CN(CC(=O)N1CCc2ccccc21)Cc1ccccc1Cl. The van der Waals surface area contributed by atoms with Crippen LogP contribution in [0.4, 0.5) is 5.69 Å². The lowest BCUT2D eigenvalue weighted by molar-refractivity contribution is -0.142. The van der Waals surface area contributed by atoms with Gasteiger partial charge in [0.25, 0.3) is 0 Å². The number of para-hydroxylation sites is 1. The molecule has 136 valence electrons. The number of amides is 1. The molecule has 0 N–H and O–H groups in total. The molecule has 6 heteroatoms. The quantitative estimate of drug-likeness (QED) is 0.731. The molecule has 0 fully saturated rings. The summed E-state index contributed by atoms with van der Waals surface area (Å²) >= 11 is 6.23. The monoisotopic (exact) mass is 372 g/mol. The summed E-state index contributed by atoms with van der Waals surface area (Å²) in [6.45, 7) is 1.21. The van der Waals surface area contributed by atoms with E-state index in [0.717, 1.165) is 17.7 Å². The number of nitrogens with zero attached hydrogens (tertiary/aromatic N) is 2. The first-order valence-electron chi connectivity index (χ1n) is 8.49. The van der Waals surface area contributed by atoms with Crippen molar-refractivity contribution >= 4 is 29.2 Å². The number of methoxy groups -OCH3 is 1. The van der Waals surface area contributed by atoms with E-state index in [1.807, 2.05) is 42.5 Å². The summed E-state index contributed by atoms with van der Waals surface area (Å²) in [5.74, 6) is -0.419. The smallest absolute Gasteiger partial charge is 0.319 e. The van der Waals surface area contributed by atoms with E-state index < -0.39 is 0 Å². The van der Waals surface area contributed by atoms with E-state index in [2.05, 4.69) is 0 Å². The summed E-state index contributed by atoms with van der Waals surface area (Å²) in [7, 11) is 1.34. The fourth-order valence-electron chi connectivity index (χ4n) is 3.16. The Kier molecular flexibility index (Phi) is 5.91. The number of carbonyl (C=O) groups is 2. The number of carbonyl (C=O) groups excluding carboxylic acids is 2. The van der Waals surface area contributed by atoms with Crippen LogP contribution in [-0.2, 0) is 27.3 Å². The zero-order valence-electron chi connectivity index (χ0n) is 14.7. The second-order valence-corrected chi connectivity index (χ2v) is 6.64. The summed E-state index contributed by atoms with van der Waals surface area (Å²) < 4.78 is 4.77. The summed E-state index contributed by atoms with van der Waals surface area (Å²) in [5, 5.41) is 0.612. The molecule has 0 radical (unpaired) electrons. The van der Waals surface area contributed by atoms with Crippen molar-refractivity contribution in [1.29, 1.82) is 0 Å². The lowest BCUT2D eigenvalue weighted by atomic mass is 10.2. The van der Waals surface area contributed by atoms with Crippen molar-refractivity contribution in [3.05, 3.63) is 64.7 Å². The van der Waals surface area contributed by atoms with Crippen LogP contribution < -0.4 is 4.90 Å². The second kappa shape index (κ2) is 8.34. The third kappa shape index (κ3) is 4.23. The largest absolute Gasteiger partial charge is 0.468 e. The van der Waals surface area contributed by atoms with Gasteiger partial charge in [0, 0.05) is 23.8 Å². The van der Waals surface area contributed by atoms with Crippen LogP contribution in [0.5, 0.6) is 0 Å². The van der Waals surface area contributed by atoms with Crippen molar-refractivity contribution in [3.8, 4) is 0 Å². The van der Waals surface area contributed by atoms with Crippen molar-refractivity contribution < 1.29 is 14.3 Å². The zero-order chi connectivity index (χ0) is 18.5. The van der Waals surface area contributed by atoms with Crippen molar-refractivity contribution in [1.82, 2.24) is 4.90 Å². The summed E-state index contributed by atoms with van der Waals surface area (Å²) in [6, 6.07) is 15.3. The number of fused-ring (bicyclic) bond motifs is 1. The van der Waals surface area contributed by atoms with Gasteiger partial charge in [0.05, 0.1) is 20.2 Å². The maximum Gasteiger partial charge on any atom is 0.319 e. The first-order chi connectivity index (χ1) is 12.6. The Morgan fingerprint density at radius 2 is 1.85 bits per heavy atom. The van der Waals surface area contributed by atoms with Gasteiger partial charge >= 0.3 is 5.97 Å². The average molecular weight is 373 g/mol. The standard InChI is InChI=1S/C20H21ClN2O3/c1-26-20(25)14-22(12-16-7-2-4-8-17(16)21)13-19(24)23-11-10-15-6-3-5-9-18(15)23/h2-9H,10-14H2,1H3. The normalized spacial score (nSPS) is 13.0. The highest BCUT2D eigenvalue weighted by Crippen LogP contribution is 2.27. The molecule has 0 spiro atoms. The Bertz CT molecular complexity index is 809.